The first-order valence-corrected chi connectivity index (χ1v) is 1.40. The first-order valence-electron chi connectivity index (χ1n) is 1.40. The van der Waals surface area contributed by atoms with E-state index >= 15 is 0 Å². The van der Waals surface area contributed by atoms with Crippen molar-refractivity contribution in [2.24, 2.45) is 0 Å². The maximum Gasteiger partial charge on any atom is 0.152 e. The first kappa shape index (κ1) is 9.34. The van der Waals surface area contributed by atoms with Crippen molar-refractivity contribution in [3.8, 4) is 0 Å². The Morgan fingerprint density at radius 2 is 2.00 bits per heavy atom. The lowest BCUT2D eigenvalue weighted by Gasteiger charge is -1.62. The summed E-state index contributed by atoms with van der Waals surface area (Å²) in [6, 6.07) is 0. The lowest BCUT2D eigenvalue weighted by Crippen LogP contribution is -1.74. The van der Waals surface area contributed by atoms with Gasteiger partial charge in [-0.25, -0.2) is 0 Å². The predicted octanol–water partition coefficient (Wildman–Crippen LogP) is 0.381. The van der Waals surface area contributed by atoms with Crippen LogP contribution >= 0.6 is 0 Å². The van der Waals surface area contributed by atoms with Crippen molar-refractivity contribution in [1.29, 1.82) is 0 Å². The molecule has 0 fully saturated rings. The lowest BCUT2D eigenvalue weighted by molar-refractivity contribution is -0.112. The quantitative estimate of drug-likeness (QED) is 0.341. The van der Waals surface area contributed by atoms with Crippen molar-refractivity contribution in [1.82, 2.24) is 0 Å². The normalized spacial score (nSPS) is 5.50. The molecule has 0 aromatic carbocycles. The Hall–Kier alpha value is -0.0575. The summed E-state index contributed by atoms with van der Waals surface area (Å²) in [4.78, 5) is 9.69. The molecule has 31 valence electrons. The number of carbonyl (C=O) groups excluding carboxylic acids is 1. The zero-order valence-corrected chi connectivity index (χ0v) is 4.92. The molecule has 2 heteroatoms. The smallest absolute Gasteiger partial charge is 0.152 e. The average Bonchev–Trinajstić information content (AvgIpc) is 1.38. The minimum Gasteiger partial charge on any atom is -0.295 e. The number of ketones is 1. The van der Waals surface area contributed by atoms with Crippen LogP contribution in [0.5, 0.6) is 0 Å². The number of allylic oxidation sites excluding steroid dienone is 1. The largest absolute Gasteiger partial charge is 0.295 e. The van der Waals surface area contributed by atoms with E-state index in [1.807, 2.05) is 0 Å². The van der Waals surface area contributed by atoms with E-state index < -0.39 is 0 Å². The van der Waals surface area contributed by atoms with Crippen LogP contribution in [0.25, 0.3) is 0 Å². The van der Waals surface area contributed by atoms with Gasteiger partial charge in [-0.3, -0.25) is 4.79 Å². The summed E-state index contributed by atoms with van der Waals surface area (Å²) < 4.78 is 0. The van der Waals surface area contributed by atoms with Crippen LogP contribution in [0.2, 0.25) is 0 Å². The molecule has 3 radical (unpaired) electrons. The fourth-order valence-electron chi connectivity index (χ4n) is 0. The van der Waals surface area contributed by atoms with Crippen LogP contribution in [0.3, 0.4) is 0 Å². The zero-order valence-electron chi connectivity index (χ0n) is 3.77. The second-order valence-corrected chi connectivity index (χ2v) is 0.815. The van der Waals surface area contributed by atoms with Crippen LogP contribution in [0, 0.1) is 0 Å². The van der Waals surface area contributed by atoms with Crippen LogP contribution in [0.4, 0.5) is 0 Å². The Balaban J connectivity index is 0. The maximum atomic E-state index is 9.69. The van der Waals surface area contributed by atoms with Crippen LogP contribution < -0.4 is 0 Å². The summed E-state index contributed by atoms with van der Waals surface area (Å²) in [5.74, 6) is 0.0185. The SMILES string of the molecule is C=CC(C)=O.[Al]. The van der Waals surface area contributed by atoms with Gasteiger partial charge in [0.25, 0.3) is 0 Å². The third-order valence-corrected chi connectivity index (χ3v) is 0.287. The van der Waals surface area contributed by atoms with Crippen LogP contribution in [0.15, 0.2) is 12.7 Å². The third-order valence-electron chi connectivity index (χ3n) is 0.287. The van der Waals surface area contributed by atoms with Gasteiger partial charge in [-0.05, 0) is 13.0 Å². The molecule has 0 atom stereocenters. The molecule has 0 saturated heterocycles. The molecule has 6 heavy (non-hydrogen) atoms. The fraction of sp³-hybridized carbons (Fsp3) is 0.250. The topological polar surface area (TPSA) is 17.1 Å². The Labute approximate surface area is 48.2 Å². The number of hydrogen-bond donors (Lipinski definition) is 0. The molecule has 1 nitrogen and oxygen atoms in total. The molecule has 0 aromatic heterocycles. The Morgan fingerprint density at radius 3 is 2.00 bits per heavy atom. The van der Waals surface area contributed by atoms with Crippen molar-refractivity contribution < 1.29 is 4.79 Å². The Bertz CT molecular complexity index is 58.6. The van der Waals surface area contributed by atoms with E-state index in [0.717, 1.165) is 0 Å². The predicted molar refractivity (Wildman–Crippen MR) is 26.6 cm³/mol. The molecular weight excluding hydrogens is 91.0 g/mol. The third kappa shape index (κ3) is 9.05. The van der Waals surface area contributed by atoms with E-state index in [2.05, 4.69) is 6.58 Å². The van der Waals surface area contributed by atoms with Crippen LogP contribution in [0.1, 0.15) is 6.92 Å². The summed E-state index contributed by atoms with van der Waals surface area (Å²) in [5, 5.41) is 0. The molecule has 0 spiro atoms. The van der Waals surface area contributed by atoms with Crippen molar-refractivity contribution in [3.63, 3.8) is 0 Å². The molecule has 0 heterocycles. The highest BCUT2D eigenvalue weighted by Crippen LogP contribution is 1.60. The molecular formula is C4H6AlO. The highest BCUT2D eigenvalue weighted by atomic mass is 27.0. The van der Waals surface area contributed by atoms with Crippen molar-refractivity contribution in [2.75, 3.05) is 0 Å². The number of carbonyl (C=O) groups is 1. The van der Waals surface area contributed by atoms with Gasteiger partial charge in [0.05, 0.1) is 0 Å². The van der Waals surface area contributed by atoms with Gasteiger partial charge in [-0.2, -0.15) is 0 Å². The summed E-state index contributed by atoms with van der Waals surface area (Å²) >= 11 is 0. The van der Waals surface area contributed by atoms with E-state index in [9.17, 15) is 4.79 Å². The molecule has 0 aliphatic carbocycles. The molecule has 0 rings (SSSR count). The van der Waals surface area contributed by atoms with Gasteiger partial charge in [0.15, 0.2) is 5.78 Å². The second-order valence-electron chi connectivity index (χ2n) is 0.815. The fourth-order valence-corrected chi connectivity index (χ4v) is 0. The summed E-state index contributed by atoms with van der Waals surface area (Å²) in [6.45, 7) is 4.68. The van der Waals surface area contributed by atoms with E-state index in [1.165, 1.54) is 13.0 Å². The molecule has 0 aliphatic rings. The first-order chi connectivity index (χ1) is 2.27. The van der Waals surface area contributed by atoms with E-state index in [4.69, 9.17) is 0 Å². The van der Waals surface area contributed by atoms with Gasteiger partial charge < -0.3 is 0 Å². The highest BCUT2D eigenvalue weighted by Gasteiger charge is 1.69. The van der Waals surface area contributed by atoms with Gasteiger partial charge in [-0.15, -0.1) is 0 Å². The van der Waals surface area contributed by atoms with Crippen LogP contribution in [-0.2, 0) is 4.79 Å². The Kier molecular flexibility index (Phi) is 7.69. The highest BCUT2D eigenvalue weighted by molar-refractivity contribution is 5.86. The summed E-state index contributed by atoms with van der Waals surface area (Å²) in [7, 11) is 0. The summed E-state index contributed by atoms with van der Waals surface area (Å²) in [6.07, 6.45) is 1.28. The van der Waals surface area contributed by atoms with Gasteiger partial charge in [-0.1, -0.05) is 6.58 Å². The molecule has 0 saturated carbocycles. The second kappa shape index (κ2) is 4.94. The number of rotatable bonds is 1. The molecule has 0 bridgehead atoms. The lowest BCUT2D eigenvalue weighted by atomic mass is 10.5. The molecule has 0 N–H and O–H groups in total. The van der Waals surface area contributed by atoms with Gasteiger partial charge in [0.2, 0.25) is 0 Å². The van der Waals surface area contributed by atoms with E-state index in [-0.39, 0.29) is 23.1 Å². The maximum absolute atomic E-state index is 9.69. The van der Waals surface area contributed by atoms with E-state index in [1.54, 1.807) is 0 Å². The summed E-state index contributed by atoms with van der Waals surface area (Å²) in [5.41, 5.74) is 0. The minimum absolute atomic E-state index is 0. The molecule has 0 aliphatic heterocycles. The molecule has 0 unspecified atom stereocenters. The van der Waals surface area contributed by atoms with Gasteiger partial charge >= 0.3 is 0 Å². The zero-order chi connectivity index (χ0) is 4.28. The average molecular weight is 97.1 g/mol. The minimum atomic E-state index is 0. The van der Waals surface area contributed by atoms with Gasteiger partial charge in [0, 0.05) is 17.4 Å². The van der Waals surface area contributed by atoms with E-state index in [0.29, 0.717) is 0 Å². The number of hydrogen-bond acceptors (Lipinski definition) is 1. The van der Waals surface area contributed by atoms with Gasteiger partial charge in [0.1, 0.15) is 0 Å². The monoisotopic (exact) mass is 97.0 g/mol. The molecule has 0 aromatic rings. The van der Waals surface area contributed by atoms with Crippen molar-refractivity contribution >= 4 is 23.1 Å². The van der Waals surface area contributed by atoms with Crippen LogP contribution in [-0.4, -0.2) is 23.1 Å². The molecule has 0 amide bonds. The Morgan fingerprint density at radius 1 is 1.83 bits per heavy atom. The van der Waals surface area contributed by atoms with Crippen molar-refractivity contribution in [2.45, 2.75) is 6.92 Å². The standard InChI is InChI=1S/C4H6O.Al/c1-3-4(2)5;/h3H,1H2,2H3;. The van der Waals surface area contributed by atoms with Crippen molar-refractivity contribution in [3.05, 3.63) is 12.7 Å².